The Morgan fingerprint density at radius 2 is 2.10 bits per heavy atom. The Labute approximate surface area is 120 Å². The average molecular weight is 296 g/mol. The fourth-order valence-electron chi connectivity index (χ4n) is 1.73. The van der Waals surface area contributed by atoms with Gasteiger partial charge in [0.25, 0.3) is 0 Å². The zero-order valence-electron chi connectivity index (χ0n) is 11.9. The highest BCUT2D eigenvalue weighted by Gasteiger charge is 2.22. The molecule has 0 aliphatic carbocycles. The molecule has 1 unspecified atom stereocenters. The number of benzene rings is 1. The van der Waals surface area contributed by atoms with Gasteiger partial charge in [0.1, 0.15) is 0 Å². The van der Waals surface area contributed by atoms with Gasteiger partial charge in [0.2, 0.25) is 10.0 Å². The van der Waals surface area contributed by atoms with E-state index in [1.165, 1.54) is 13.1 Å². The first-order valence-corrected chi connectivity index (χ1v) is 7.67. The Hall–Kier alpha value is -1.39. The number of rotatable bonds is 4. The van der Waals surface area contributed by atoms with E-state index in [1.54, 1.807) is 26.0 Å². The van der Waals surface area contributed by atoms with Gasteiger partial charge in [0.15, 0.2) is 0 Å². The van der Waals surface area contributed by atoms with Crippen LogP contribution in [0.4, 0.5) is 0 Å². The predicted octanol–water partition coefficient (Wildman–Crippen LogP) is 0.307. The normalized spacial score (nSPS) is 12.9. The van der Waals surface area contributed by atoms with Crippen LogP contribution in [0.1, 0.15) is 18.1 Å². The van der Waals surface area contributed by atoms with E-state index in [0.717, 1.165) is 15.4 Å². The topological polar surface area (TPSA) is 83.6 Å². The number of nitrogens with two attached hydrogens (primary N) is 1. The molecule has 1 atom stereocenters. The summed E-state index contributed by atoms with van der Waals surface area (Å²) in [6.45, 7) is 3.66. The van der Waals surface area contributed by atoms with Crippen LogP contribution in [-0.4, -0.2) is 44.1 Å². The van der Waals surface area contributed by atoms with Crippen molar-refractivity contribution >= 4 is 10.0 Å². The van der Waals surface area contributed by atoms with Gasteiger partial charge in [-0.1, -0.05) is 11.8 Å². The van der Waals surface area contributed by atoms with E-state index in [4.69, 9.17) is 5.73 Å². The van der Waals surface area contributed by atoms with Crippen LogP contribution in [0.15, 0.2) is 23.1 Å². The maximum atomic E-state index is 12.3. The fourth-order valence-corrected chi connectivity index (χ4v) is 3.07. The number of aliphatic hydroxyl groups is 1. The lowest BCUT2D eigenvalue weighted by atomic mass is 10.1. The Kier molecular flexibility index (Phi) is 5.72. The maximum Gasteiger partial charge on any atom is 0.242 e. The van der Waals surface area contributed by atoms with Crippen LogP contribution in [0.2, 0.25) is 0 Å². The van der Waals surface area contributed by atoms with Gasteiger partial charge in [-0.25, -0.2) is 8.42 Å². The smallest absolute Gasteiger partial charge is 0.242 e. The van der Waals surface area contributed by atoms with Crippen molar-refractivity contribution in [3.8, 4) is 11.8 Å². The van der Waals surface area contributed by atoms with E-state index >= 15 is 0 Å². The van der Waals surface area contributed by atoms with Crippen molar-refractivity contribution in [2.75, 3.05) is 20.1 Å². The van der Waals surface area contributed by atoms with Crippen molar-refractivity contribution in [2.45, 2.75) is 24.8 Å². The van der Waals surface area contributed by atoms with E-state index in [0.29, 0.717) is 0 Å². The second-order valence-electron chi connectivity index (χ2n) is 4.62. The largest absolute Gasteiger partial charge is 0.392 e. The number of likely N-dealkylation sites (N-methyl/N-ethyl adjacent to an activating group) is 1. The molecule has 0 fully saturated rings. The van der Waals surface area contributed by atoms with Crippen molar-refractivity contribution in [1.82, 2.24) is 4.31 Å². The van der Waals surface area contributed by atoms with Gasteiger partial charge < -0.3 is 10.8 Å². The first kappa shape index (κ1) is 16.7. The third-order valence-corrected chi connectivity index (χ3v) is 4.57. The Morgan fingerprint density at radius 1 is 1.45 bits per heavy atom. The maximum absolute atomic E-state index is 12.3. The molecule has 20 heavy (non-hydrogen) atoms. The summed E-state index contributed by atoms with van der Waals surface area (Å²) < 4.78 is 25.7. The molecule has 1 aromatic rings. The Balaban J connectivity index is 3.12. The molecule has 0 spiro atoms. The van der Waals surface area contributed by atoms with E-state index in [-0.39, 0.29) is 18.0 Å². The van der Waals surface area contributed by atoms with E-state index < -0.39 is 16.1 Å². The van der Waals surface area contributed by atoms with Gasteiger partial charge in [0, 0.05) is 19.2 Å². The molecule has 0 saturated heterocycles. The second kappa shape index (κ2) is 6.86. The lowest BCUT2D eigenvalue weighted by Crippen LogP contribution is -2.33. The quantitative estimate of drug-likeness (QED) is 0.783. The molecule has 0 radical (unpaired) electrons. The molecule has 0 aromatic heterocycles. The van der Waals surface area contributed by atoms with E-state index in [9.17, 15) is 13.5 Å². The van der Waals surface area contributed by atoms with Crippen molar-refractivity contribution in [2.24, 2.45) is 5.73 Å². The van der Waals surface area contributed by atoms with Crippen molar-refractivity contribution in [3.63, 3.8) is 0 Å². The van der Waals surface area contributed by atoms with Gasteiger partial charge >= 0.3 is 0 Å². The number of sulfonamides is 1. The lowest BCUT2D eigenvalue weighted by molar-refractivity contribution is 0.171. The molecule has 0 heterocycles. The molecule has 110 valence electrons. The third-order valence-electron chi connectivity index (χ3n) is 2.75. The molecule has 1 rings (SSSR count). The summed E-state index contributed by atoms with van der Waals surface area (Å²) in [4.78, 5) is 0.191. The average Bonchev–Trinajstić information content (AvgIpc) is 2.36. The van der Waals surface area contributed by atoms with E-state index in [1.807, 2.05) is 0 Å². The fraction of sp³-hybridized carbons (Fsp3) is 0.429. The monoisotopic (exact) mass is 296 g/mol. The van der Waals surface area contributed by atoms with Crippen LogP contribution in [-0.2, 0) is 10.0 Å². The van der Waals surface area contributed by atoms with Gasteiger partial charge in [-0.15, -0.1) is 0 Å². The molecule has 0 aliphatic rings. The highest BCUT2D eigenvalue weighted by Crippen LogP contribution is 2.18. The van der Waals surface area contributed by atoms with Gasteiger partial charge in [-0.3, -0.25) is 0 Å². The second-order valence-corrected chi connectivity index (χ2v) is 6.66. The van der Waals surface area contributed by atoms with Crippen LogP contribution in [0.3, 0.4) is 0 Å². The molecule has 5 nitrogen and oxygen atoms in total. The number of hydrogen-bond acceptors (Lipinski definition) is 4. The Morgan fingerprint density at radius 3 is 2.60 bits per heavy atom. The summed E-state index contributed by atoms with van der Waals surface area (Å²) in [6.07, 6.45) is -0.717. The first-order chi connectivity index (χ1) is 9.28. The number of hydrogen-bond donors (Lipinski definition) is 2. The van der Waals surface area contributed by atoms with E-state index in [2.05, 4.69) is 11.8 Å². The molecule has 0 amide bonds. The van der Waals surface area contributed by atoms with Gasteiger partial charge in [-0.2, -0.15) is 4.31 Å². The zero-order chi connectivity index (χ0) is 15.3. The minimum absolute atomic E-state index is 0.0517. The summed E-state index contributed by atoms with van der Waals surface area (Å²) in [5.74, 6) is 5.63. The van der Waals surface area contributed by atoms with Gasteiger partial charge in [0.05, 0.1) is 17.5 Å². The SMILES string of the molecule is Cc1cc(S(=O)(=O)N(C)CC(C)O)ccc1C#CCN. The van der Waals surface area contributed by atoms with Crippen molar-refractivity contribution < 1.29 is 13.5 Å². The molecule has 0 saturated carbocycles. The number of aryl methyl sites for hydroxylation is 1. The predicted molar refractivity (Wildman–Crippen MR) is 78.6 cm³/mol. The lowest BCUT2D eigenvalue weighted by Gasteiger charge is -2.19. The molecule has 0 bridgehead atoms. The summed E-state index contributed by atoms with van der Waals surface area (Å²) >= 11 is 0. The Bertz CT molecular complexity index is 628. The van der Waals surface area contributed by atoms with Crippen molar-refractivity contribution in [3.05, 3.63) is 29.3 Å². The molecule has 6 heteroatoms. The first-order valence-electron chi connectivity index (χ1n) is 6.23. The molecular weight excluding hydrogens is 276 g/mol. The summed E-state index contributed by atoms with van der Waals surface area (Å²) in [5, 5.41) is 9.29. The summed E-state index contributed by atoms with van der Waals surface area (Å²) in [5.41, 5.74) is 6.84. The minimum Gasteiger partial charge on any atom is -0.392 e. The van der Waals surface area contributed by atoms with Crippen LogP contribution >= 0.6 is 0 Å². The van der Waals surface area contributed by atoms with Crippen LogP contribution in [0, 0.1) is 18.8 Å². The highest BCUT2D eigenvalue weighted by atomic mass is 32.2. The standard InChI is InChI=1S/C14H20N2O3S/c1-11-9-14(7-6-13(11)5-4-8-15)20(18,19)16(3)10-12(2)17/h6-7,9,12,17H,8,10,15H2,1-3H3. The van der Waals surface area contributed by atoms with Crippen LogP contribution in [0.5, 0.6) is 0 Å². The zero-order valence-corrected chi connectivity index (χ0v) is 12.7. The number of aliphatic hydroxyl groups excluding tert-OH is 1. The molecule has 1 aromatic carbocycles. The summed E-state index contributed by atoms with van der Waals surface area (Å²) in [6, 6.07) is 4.76. The van der Waals surface area contributed by atoms with Crippen molar-refractivity contribution in [1.29, 1.82) is 0 Å². The molecule has 0 aliphatic heterocycles. The molecule has 3 N–H and O–H groups in total. The highest BCUT2D eigenvalue weighted by molar-refractivity contribution is 7.89. The van der Waals surface area contributed by atoms with Gasteiger partial charge in [-0.05, 0) is 37.6 Å². The molecular formula is C14H20N2O3S. The van der Waals surface area contributed by atoms with Crippen LogP contribution in [0.25, 0.3) is 0 Å². The van der Waals surface area contributed by atoms with Crippen LogP contribution < -0.4 is 5.73 Å². The third kappa shape index (κ3) is 4.05. The number of nitrogens with zero attached hydrogens (tertiary/aromatic N) is 1. The summed E-state index contributed by atoms with van der Waals surface area (Å²) in [7, 11) is -2.15. The minimum atomic E-state index is -3.59.